The van der Waals surface area contributed by atoms with Crippen LogP contribution in [0.4, 0.5) is 0 Å². The molecule has 16 heavy (non-hydrogen) atoms. The fraction of sp³-hybridized carbons (Fsp3) is 0.417. The summed E-state index contributed by atoms with van der Waals surface area (Å²) < 4.78 is 0. The maximum Gasteiger partial charge on any atom is 0.354 e. The topological polar surface area (TPSA) is 62.5 Å². The summed E-state index contributed by atoms with van der Waals surface area (Å²) in [4.78, 5) is 19.2. The van der Waals surface area contributed by atoms with Crippen LogP contribution in [0, 0.1) is 0 Å². The Bertz CT molecular complexity index is 431. The van der Waals surface area contributed by atoms with Crippen molar-refractivity contribution in [2.24, 2.45) is 4.99 Å². The number of carbonyl (C=O) groups is 1. The van der Waals surface area contributed by atoms with Gasteiger partial charge >= 0.3 is 5.97 Å². The minimum absolute atomic E-state index is 0.0426. The van der Waals surface area contributed by atoms with Crippen molar-refractivity contribution < 1.29 is 9.90 Å². The standard InChI is InChI=1S/C12H16N2O2/c1-8(14-12(2,3)4)9-6-5-7-10(13-9)11(15)16/h5-7H,1-4H3,(H,15,16)/b14-8+. The van der Waals surface area contributed by atoms with Crippen molar-refractivity contribution in [1.82, 2.24) is 4.98 Å². The zero-order valence-electron chi connectivity index (χ0n) is 9.98. The van der Waals surface area contributed by atoms with Gasteiger partial charge in [-0.05, 0) is 39.8 Å². The minimum Gasteiger partial charge on any atom is -0.477 e. The maximum atomic E-state index is 10.8. The quantitative estimate of drug-likeness (QED) is 0.778. The predicted molar refractivity (Wildman–Crippen MR) is 63.2 cm³/mol. The van der Waals surface area contributed by atoms with Crippen LogP contribution < -0.4 is 0 Å². The van der Waals surface area contributed by atoms with Gasteiger partial charge in [0, 0.05) is 0 Å². The van der Waals surface area contributed by atoms with E-state index in [4.69, 9.17) is 5.11 Å². The molecule has 4 nitrogen and oxygen atoms in total. The number of pyridine rings is 1. The third-order valence-electron chi connectivity index (χ3n) is 1.84. The molecule has 0 saturated carbocycles. The van der Waals surface area contributed by atoms with Crippen molar-refractivity contribution in [2.45, 2.75) is 33.2 Å². The minimum atomic E-state index is -1.02. The Morgan fingerprint density at radius 1 is 1.31 bits per heavy atom. The zero-order valence-corrected chi connectivity index (χ0v) is 9.98. The van der Waals surface area contributed by atoms with E-state index < -0.39 is 5.97 Å². The molecule has 1 aromatic heterocycles. The molecular formula is C12H16N2O2. The van der Waals surface area contributed by atoms with Crippen molar-refractivity contribution in [3.63, 3.8) is 0 Å². The van der Waals surface area contributed by atoms with E-state index in [1.54, 1.807) is 12.1 Å². The highest BCUT2D eigenvalue weighted by Crippen LogP contribution is 2.10. The first kappa shape index (κ1) is 12.4. The lowest BCUT2D eigenvalue weighted by Gasteiger charge is -2.13. The maximum absolute atomic E-state index is 10.8. The van der Waals surface area contributed by atoms with Gasteiger partial charge in [-0.2, -0.15) is 0 Å². The lowest BCUT2D eigenvalue weighted by molar-refractivity contribution is 0.0690. The van der Waals surface area contributed by atoms with Crippen LogP contribution in [0.3, 0.4) is 0 Å². The summed E-state index contributed by atoms with van der Waals surface area (Å²) in [6, 6.07) is 4.90. The van der Waals surface area contributed by atoms with Crippen LogP contribution in [0.25, 0.3) is 0 Å². The van der Waals surface area contributed by atoms with Gasteiger partial charge in [0.05, 0.1) is 16.9 Å². The summed E-state index contributed by atoms with van der Waals surface area (Å²) in [6.07, 6.45) is 0. The van der Waals surface area contributed by atoms with Gasteiger partial charge in [-0.1, -0.05) is 6.07 Å². The smallest absolute Gasteiger partial charge is 0.354 e. The lowest BCUT2D eigenvalue weighted by Crippen LogP contribution is -2.14. The van der Waals surface area contributed by atoms with E-state index in [0.29, 0.717) is 5.69 Å². The molecule has 86 valence electrons. The highest BCUT2D eigenvalue weighted by Gasteiger charge is 2.11. The molecule has 0 aromatic carbocycles. The highest BCUT2D eigenvalue weighted by molar-refractivity contribution is 5.98. The Hall–Kier alpha value is -1.71. The molecule has 0 spiro atoms. The molecule has 1 rings (SSSR count). The second-order valence-electron chi connectivity index (χ2n) is 4.58. The van der Waals surface area contributed by atoms with Crippen LogP contribution >= 0.6 is 0 Å². The molecule has 1 heterocycles. The Kier molecular flexibility index (Phi) is 3.42. The van der Waals surface area contributed by atoms with Gasteiger partial charge in [0.25, 0.3) is 0 Å². The van der Waals surface area contributed by atoms with Gasteiger partial charge in [0.15, 0.2) is 0 Å². The number of aromatic carboxylic acids is 1. The van der Waals surface area contributed by atoms with E-state index >= 15 is 0 Å². The SMILES string of the molecule is C/C(=N\C(C)(C)C)c1cccc(C(=O)O)n1. The summed E-state index contributed by atoms with van der Waals surface area (Å²) in [7, 11) is 0. The normalized spacial score (nSPS) is 12.6. The molecule has 0 unspecified atom stereocenters. The van der Waals surface area contributed by atoms with E-state index in [-0.39, 0.29) is 11.2 Å². The first-order valence-electron chi connectivity index (χ1n) is 5.07. The number of carboxylic acid groups (broad SMARTS) is 1. The average molecular weight is 220 g/mol. The predicted octanol–water partition coefficient (Wildman–Crippen LogP) is 2.39. The van der Waals surface area contributed by atoms with Gasteiger partial charge in [-0.15, -0.1) is 0 Å². The molecule has 0 aliphatic carbocycles. The molecule has 0 atom stereocenters. The number of aliphatic imine (C=N–C) groups is 1. The van der Waals surface area contributed by atoms with Gasteiger partial charge in [-0.25, -0.2) is 9.78 Å². The van der Waals surface area contributed by atoms with Gasteiger partial charge in [0.1, 0.15) is 5.69 Å². The molecular weight excluding hydrogens is 204 g/mol. The fourth-order valence-electron chi connectivity index (χ4n) is 1.32. The van der Waals surface area contributed by atoms with E-state index in [9.17, 15) is 4.79 Å². The molecule has 0 aliphatic heterocycles. The highest BCUT2D eigenvalue weighted by atomic mass is 16.4. The summed E-state index contributed by atoms with van der Waals surface area (Å²) in [5.41, 5.74) is 1.21. The monoisotopic (exact) mass is 220 g/mol. The van der Waals surface area contributed by atoms with Gasteiger partial charge in [-0.3, -0.25) is 4.99 Å². The lowest BCUT2D eigenvalue weighted by atomic mass is 10.1. The third-order valence-corrected chi connectivity index (χ3v) is 1.84. The van der Waals surface area contributed by atoms with E-state index in [2.05, 4.69) is 9.98 Å². The number of carboxylic acids is 1. The van der Waals surface area contributed by atoms with Crippen molar-refractivity contribution in [3.8, 4) is 0 Å². The van der Waals surface area contributed by atoms with Gasteiger partial charge < -0.3 is 5.11 Å². The number of hydrogen-bond acceptors (Lipinski definition) is 3. The van der Waals surface area contributed by atoms with Crippen molar-refractivity contribution in [2.75, 3.05) is 0 Å². The Morgan fingerprint density at radius 3 is 2.38 bits per heavy atom. The Balaban J connectivity index is 3.10. The van der Waals surface area contributed by atoms with Crippen LogP contribution in [0.1, 0.15) is 43.9 Å². The molecule has 0 radical (unpaired) electrons. The van der Waals surface area contributed by atoms with E-state index in [1.165, 1.54) is 6.07 Å². The number of hydrogen-bond donors (Lipinski definition) is 1. The van der Waals surface area contributed by atoms with Crippen LogP contribution in [0.2, 0.25) is 0 Å². The van der Waals surface area contributed by atoms with E-state index in [1.807, 2.05) is 27.7 Å². The molecule has 0 bridgehead atoms. The zero-order chi connectivity index (χ0) is 12.3. The van der Waals surface area contributed by atoms with Crippen LogP contribution in [-0.4, -0.2) is 27.3 Å². The second-order valence-corrected chi connectivity index (χ2v) is 4.58. The van der Waals surface area contributed by atoms with Gasteiger partial charge in [0.2, 0.25) is 0 Å². The fourth-order valence-corrected chi connectivity index (χ4v) is 1.32. The first-order valence-corrected chi connectivity index (χ1v) is 5.07. The molecule has 4 heteroatoms. The molecule has 1 aromatic rings. The Labute approximate surface area is 95.1 Å². The summed E-state index contributed by atoms with van der Waals surface area (Å²) in [5, 5.41) is 8.82. The largest absolute Gasteiger partial charge is 0.477 e. The van der Waals surface area contributed by atoms with Crippen molar-refractivity contribution in [1.29, 1.82) is 0 Å². The van der Waals surface area contributed by atoms with Crippen LogP contribution in [0.15, 0.2) is 23.2 Å². The van der Waals surface area contributed by atoms with E-state index in [0.717, 1.165) is 5.71 Å². The molecule has 0 saturated heterocycles. The summed E-state index contributed by atoms with van der Waals surface area (Å²) in [6.45, 7) is 7.78. The molecule has 1 N–H and O–H groups in total. The summed E-state index contributed by atoms with van der Waals surface area (Å²) in [5.74, 6) is -1.02. The number of nitrogens with zero attached hydrogens (tertiary/aromatic N) is 2. The number of aromatic nitrogens is 1. The number of rotatable bonds is 2. The first-order chi connectivity index (χ1) is 7.29. The second kappa shape index (κ2) is 4.43. The summed E-state index contributed by atoms with van der Waals surface area (Å²) >= 11 is 0. The van der Waals surface area contributed by atoms with Crippen LogP contribution in [0.5, 0.6) is 0 Å². The van der Waals surface area contributed by atoms with Crippen molar-refractivity contribution >= 4 is 11.7 Å². The molecule has 0 amide bonds. The molecule has 0 aliphatic rings. The Morgan fingerprint density at radius 2 is 1.88 bits per heavy atom. The van der Waals surface area contributed by atoms with Crippen molar-refractivity contribution in [3.05, 3.63) is 29.6 Å². The third kappa shape index (κ3) is 3.46. The average Bonchev–Trinajstić information content (AvgIpc) is 2.15. The molecule has 0 fully saturated rings. The van der Waals surface area contributed by atoms with Crippen LogP contribution in [-0.2, 0) is 0 Å².